The summed E-state index contributed by atoms with van der Waals surface area (Å²) in [6, 6.07) is 29.4. The van der Waals surface area contributed by atoms with Crippen molar-refractivity contribution in [2.45, 2.75) is 32.1 Å². The summed E-state index contributed by atoms with van der Waals surface area (Å²) >= 11 is 0. The molecule has 3 aromatic rings. The van der Waals surface area contributed by atoms with Gasteiger partial charge in [0.1, 0.15) is 0 Å². The minimum Gasteiger partial charge on any atom is -0.339 e. The standard InChI is InChI=1S/C14H15.2C9H12N.Sc/c1-10-11-6-2-4-8-13(11)14-9-5-3-7-12(10)14;2*1-10(2)8-9-6-4-3-5-7-9;/h2,4,6-8,10H,3,5,9H2,1H3;2*3-8H,1-2H3;/q3*-1;+3. The fourth-order valence-corrected chi connectivity index (χ4v) is 4.52. The first-order valence-corrected chi connectivity index (χ1v) is 12.2. The number of fused-ring (bicyclic) bond motifs is 2. The molecule has 0 aromatic heterocycles. The first-order chi connectivity index (χ1) is 16.5. The molecule has 0 fully saturated rings. The van der Waals surface area contributed by atoms with Crippen LogP contribution in [0.5, 0.6) is 0 Å². The minimum absolute atomic E-state index is 0. The second kappa shape index (κ2) is 15.0. The zero-order chi connectivity index (χ0) is 24.3. The van der Waals surface area contributed by atoms with Crippen LogP contribution in [0, 0.1) is 19.5 Å². The Morgan fingerprint density at radius 2 is 1.20 bits per heavy atom. The van der Waals surface area contributed by atoms with Gasteiger partial charge in [0.05, 0.1) is 0 Å². The molecule has 1 atom stereocenters. The maximum absolute atomic E-state index is 2.45. The first-order valence-electron chi connectivity index (χ1n) is 12.2. The van der Waals surface area contributed by atoms with Crippen LogP contribution in [0.4, 0.5) is 0 Å². The molecule has 0 saturated carbocycles. The zero-order valence-electron chi connectivity index (χ0n) is 22.0. The van der Waals surface area contributed by atoms with Crippen LogP contribution in [0.15, 0.2) is 90.5 Å². The second-order valence-electron chi connectivity index (χ2n) is 9.35. The van der Waals surface area contributed by atoms with Gasteiger partial charge < -0.3 is 9.80 Å². The van der Waals surface area contributed by atoms with E-state index in [2.05, 4.69) is 75.0 Å². The molecule has 180 valence electrons. The van der Waals surface area contributed by atoms with Gasteiger partial charge in [0, 0.05) is 0 Å². The van der Waals surface area contributed by atoms with Crippen LogP contribution in [-0.4, -0.2) is 38.0 Å². The maximum atomic E-state index is 2.45. The van der Waals surface area contributed by atoms with E-state index in [0.717, 1.165) is 0 Å². The molecular formula is C32H39N2Sc. The van der Waals surface area contributed by atoms with Crippen molar-refractivity contribution in [2.24, 2.45) is 0 Å². The molecule has 0 N–H and O–H groups in total. The molecule has 0 saturated heterocycles. The Kier molecular flexibility index (Phi) is 12.5. The molecule has 0 heterocycles. The van der Waals surface area contributed by atoms with E-state index >= 15 is 0 Å². The first kappa shape index (κ1) is 29.0. The molecule has 0 amide bonds. The van der Waals surface area contributed by atoms with Gasteiger partial charge in [0.15, 0.2) is 0 Å². The van der Waals surface area contributed by atoms with E-state index in [9.17, 15) is 0 Å². The SMILES string of the molecule is CC1C2=C(CCC[CH-]2)c2ccccc21.CN(C)[CH-]c1ccccc1.CN(C)[CH-]c1ccccc1.[Sc+3]. The molecule has 0 bridgehead atoms. The van der Waals surface area contributed by atoms with E-state index < -0.39 is 0 Å². The van der Waals surface area contributed by atoms with Gasteiger partial charge in [-0.2, -0.15) is 41.0 Å². The normalized spacial score (nSPS) is 15.3. The topological polar surface area (TPSA) is 6.48 Å². The molecule has 0 spiro atoms. The van der Waals surface area contributed by atoms with Crippen LogP contribution < -0.4 is 0 Å². The molecule has 3 heteroatoms. The fourth-order valence-electron chi connectivity index (χ4n) is 4.52. The quantitative estimate of drug-likeness (QED) is 0.346. The van der Waals surface area contributed by atoms with Gasteiger partial charge in [0.2, 0.25) is 0 Å². The Morgan fingerprint density at radius 1 is 0.714 bits per heavy atom. The van der Waals surface area contributed by atoms with Crippen LogP contribution in [-0.2, 0) is 25.8 Å². The molecular weight excluding hydrogens is 457 g/mol. The van der Waals surface area contributed by atoms with Crippen molar-refractivity contribution in [1.29, 1.82) is 0 Å². The van der Waals surface area contributed by atoms with Crippen LogP contribution in [0.3, 0.4) is 0 Å². The zero-order valence-corrected chi connectivity index (χ0v) is 23.8. The number of nitrogens with zero attached hydrogens (tertiary/aromatic N) is 2. The minimum atomic E-state index is 0. The van der Waals surface area contributed by atoms with Crippen molar-refractivity contribution in [2.75, 3.05) is 28.2 Å². The van der Waals surface area contributed by atoms with Crippen LogP contribution in [0.1, 0.15) is 54.4 Å². The van der Waals surface area contributed by atoms with Crippen molar-refractivity contribution in [3.8, 4) is 0 Å². The smallest absolute Gasteiger partial charge is 0.339 e. The van der Waals surface area contributed by atoms with E-state index in [-0.39, 0.29) is 25.8 Å². The summed E-state index contributed by atoms with van der Waals surface area (Å²) in [5.41, 5.74) is 8.78. The average molecular weight is 497 g/mol. The average Bonchev–Trinajstić information content (AvgIpc) is 3.13. The molecule has 2 nitrogen and oxygen atoms in total. The third-order valence-corrected chi connectivity index (χ3v) is 5.98. The summed E-state index contributed by atoms with van der Waals surface area (Å²) in [5.74, 6) is 0.640. The molecule has 5 rings (SSSR count). The molecule has 0 radical (unpaired) electrons. The van der Waals surface area contributed by atoms with Crippen molar-refractivity contribution in [1.82, 2.24) is 9.80 Å². The van der Waals surface area contributed by atoms with Crippen molar-refractivity contribution in [3.63, 3.8) is 0 Å². The summed E-state index contributed by atoms with van der Waals surface area (Å²) in [7, 11) is 8.08. The largest absolute Gasteiger partial charge is 3.00 e. The monoisotopic (exact) mass is 496 g/mol. The Bertz CT molecular complexity index is 980. The summed E-state index contributed by atoms with van der Waals surface area (Å²) in [6.45, 7) is 6.50. The molecule has 1 unspecified atom stereocenters. The third kappa shape index (κ3) is 9.07. The van der Waals surface area contributed by atoms with Crippen LogP contribution in [0.25, 0.3) is 5.57 Å². The third-order valence-electron chi connectivity index (χ3n) is 5.98. The van der Waals surface area contributed by atoms with E-state index in [1.165, 1.54) is 41.5 Å². The summed E-state index contributed by atoms with van der Waals surface area (Å²) < 4.78 is 0. The molecule has 2 aliphatic carbocycles. The van der Waals surface area contributed by atoms with E-state index in [4.69, 9.17) is 0 Å². The van der Waals surface area contributed by atoms with E-state index in [0.29, 0.717) is 5.92 Å². The number of hydrogen-bond donors (Lipinski definition) is 0. The van der Waals surface area contributed by atoms with Gasteiger partial charge in [0.25, 0.3) is 0 Å². The fraction of sp³-hybridized carbons (Fsp3) is 0.281. The predicted molar refractivity (Wildman–Crippen MR) is 147 cm³/mol. The summed E-state index contributed by atoms with van der Waals surface area (Å²) in [5, 5.41) is 0. The Hall–Kier alpha value is -2.20. The van der Waals surface area contributed by atoms with Crippen LogP contribution >= 0.6 is 0 Å². The van der Waals surface area contributed by atoms with Gasteiger partial charge in [-0.3, -0.25) is 0 Å². The Morgan fingerprint density at radius 3 is 1.71 bits per heavy atom. The van der Waals surface area contributed by atoms with Gasteiger partial charge in [-0.05, 0) is 34.1 Å². The molecule has 3 aromatic carbocycles. The molecule has 0 aliphatic heterocycles. The molecule has 35 heavy (non-hydrogen) atoms. The Labute approximate surface area is 232 Å². The van der Waals surface area contributed by atoms with Crippen molar-refractivity contribution in [3.05, 3.63) is 132 Å². The van der Waals surface area contributed by atoms with Gasteiger partial charge in [-0.15, -0.1) is 43.8 Å². The van der Waals surface area contributed by atoms with Gasteiger partial charge in [-0.25, -0.2) is 12.0 Å². The number of allylic oxidation sites excluding steroid dienone is 2. The Balaban J connectivity index is 0.000000187. The van der Waals surface area contributed by atoms with Crippen LogP contribution in [0.2, 0.25) is 0 Å². The maximum Gasteiger partial charge on any atom is 3.00 e. The summed E-state index contributed by atoms with van der Waals surface area (Å²) in [6.07, 6.45) is 6.34. The number of benzene rings is 3. The molecule has 2 aliphatic rings. The van der Waals surface area contributed by atoms with Gasteiger partial charge >= 0.3 is 25.8 Å². The van der Waals surface area contributed by atoms with E-state index in [1.807, 2.05) is 74.4 Å². The number of hydrogen-bond acceptors (Lipinski definition) is 2. The van der Waals surface area contributed by atoms with E-state index in [1.54, 1.807) is 11.1 Å². The second-order valence-corrected chi connectivity index (χ2v) is 9.35. The predicted octanol–water partition coefficient (Wildman–Crippen LogP) is 7.46. The van der Waals surface area contributed by atoms with Gasteiger partial charge in [-0.1, -0.05) is 67.3 Å². The van der Waals surface area contributed by atoms with Crippen molar-refractivity contribution >= 4 is 5.57 Å². The summed E-state index contributed by atoms with van der Waals surface area (Å²) in [4.78, 5) is 4.07. The van der Waals surface area contributed by atoms with Crippen molar-refractivity contribution < 1.29 is 25.8 Å². The number of rotatable bonds is 4.